The summed E-state index contributed by atoms with van der Waals surface area (Å²) in [5.74, 6) is 0. The standard InChI is InChI=1S/C7H16N2O/c1-8-10-6-7-4-2-3-5-9-7/h7-9H,2-6H2,1H3. The van der Waals surface area contributed by atoms with Crippen LogP contribution in [0.15, 0.2) is 0 Å². The van der Waals surface area contributed by atoms with Gasteiger partial charge in [0.15, 0.2) is 0 Å². The monoisotopic (exact) mass is 144 g/mol. The molecule has 1 rings (SSSR count). The molecule has 0 amide bonds. The molecule has 0 radical (unpaired) electrons. The first kappa shape index (κ1) is 7.98. The molecule has 0 aromatic carbocycles. The van der Waals surface area contributed by atoms with Crippen LogP contribution in [-0.2, 0) is 4.84 Å². The Hall–Kier alpha value is -0.120. The van der Waals surface area contributed by atoms with E-state index in [1.165, 1.54) is 19.3 Å². The van der Waals surface area contributed by atoms with Crippen LogP contribution < -0.4 is 10.8 Å². The van der Waals surface area contributed by atoms with E-state index >= 15 is 0 Å². The lowest BCUT2D eigenvalue weighted by atomic mass is 10.1. The minimum Gasteiger partial charge on any atom is -0.312 e. The molecule has 1 heterocycles. The molecule has 2 N–H and O–H groups in total. The van der Waals surface area contributed by atoms with E-state index in [0.29, 0.717) is 6.04 Å². The van der Waals surface area contributed by atoms with Crippen LogP contribution in [0.2, 0.25) is 0 Å². The van der Waals surface area contributed by atoms with Gasteiger partial charge in [0.1, 0.15) is 0 Å². The van der Waals surface area contributed by atoms with Gasteiger partial charge in [-0.3, -0.25) is 0 Å². The molecule has 0 spiro atoms. The van der Waals surface area contributed by atoms with E-state index in [1.54, 1.807) is 7.05 Å². The number of nitrogens with one attached hydrogen (secondary N) is 2. The van der Waals surface area contributed by atoms with Crippen molar-refractivity contribution in [2.75, 3.05) is 20.2 Å². The van der Waals surface area contributed by atoms with Gasteiger partial charge in [0.05, 0.1) is 6.61 Å². The average molecular weight is 144 g/mol. The zero-order chi connectivity index (χ0) is 7.23. The summed E-state index contributed by atoms with van der Waals surface area (Å²) in [6.45, 7) is 1.94. The van der Waals surface area contributed by atoms with Gasteiger partial charge in [0.2, 0.25) is 0 Å². The van der Waals surface area contributed by atoms with E-state index in [2.05, 4.69) is 10.8 Å². The summed E-state index contributed by atoms with van der Waals surface area (Å²) in [6.07, 6.45) is 3.91. The predicted octanol–water partition coefficient (Wildman–Crippen LogP) is 0.279. The van der Waals surface area contributed by atoms with Crippen molar-refractivity contribution < 1.29 is 4.84 Å². The van der Waals surface area contributed by atoms with Crippen molar-refractivity contribution in [1.29, 1.82) is 0 Å². The number of hydrogen-bond donors (Lipinski definition) is 2. The second-order valence-electron chi connectivity index (χ2n) is 2.66. The lowest BCUT2D eigenvalue weighted by Crippen LogP contribution is -2.38. The number of hydroxylamine groups is 1. The Morgan fingerprint density at radius 2 is 2.50 bits per heavy atom. The van der Waals surface area contributed by atoms with E-state index in [0.717, 1.165) is 13.2 Å². The topological polar surface area (TPSA) is 33.3 Å². The van der Waals surface area contributed by atoms with Gasteiger partial charge in [0.25, 0.3) is 0 Å². The van der Waals surface area contributed by atoms with E-state index in [9.17, 15) is 0 Å². The van der Waals surface area contributed by atoms with Crippen LogP contribution in [0.4, 0.5) is 0 Å². The number of piperidine rings is 1. The molecule has 1 unspecified atom stereocenters. The normalized spacial score (nSPS) is 26.7. The molecular weight excluding hydrogens is 128 g/mol. The number of rotatable bonds is 3. The van der Waals surface area contributed by atoms with Gasteiger partial charge in [-0.05, 0) is 19.4 Å². The fraction of sp³-hybridized carbons (Fsp3) is 1.00. The van der Waals surface area contributed by atoms with Gasteiger partial charge in [-0.1, -0.05) is 6.42 Å². The maximum Gasteiger partial charge on any atom is 0.0835 e. The zero-order valence-corrected chi connectivity index (χ0v) is 6.52. The van der Waals surface area contributed by atoms with Crippen LogP contribution in [0.5, 0.6) is 0 Å². The predicted molar refractivity (Wildman–Crippen MR) is 40.7 cm³/mol. The number of hydrogen-bond acceptors (Lipinski definition) is 3. The fourth-order valence-corrected chi connectivity index (χ4v) is 1.25. The molecule has 0 aromatic rings. The summed E-state index contributed by atoms with van der Waals surface area (Å²) < 4.78 is 0. The Labute approximate surface area is 62.1 Å². The van der Waals surface area contributed by atoms with Gasteiger partial charge < -0.3 is 10.2 Å². The third kappa shape index (κ3) is 2.64. The summed E-state index contributed by atoms with van der Waals surface area (Å²) in [6, 6.07) is 0.571. The zero-order valence-electron chi connectivity index (χ0n) is 6.52. The summed E-state index contributed by atoms with van der Waals surface area (Å²) in [5, 5.41) is 3.39. The Balaban J connectivity index is 2.02. The highest BCUT2D eigenvalue weighted by Gasteiger charge is 2.11. The third-order valence-corrected chi connectivity index (χ3v) is 1.84. The molecule has 3 heteroatoms. The van der Waals surface area contributed by atoms with Crippen LogP contribution in [0.3, 0.4) is 0 Å². The van der Waals surface area contributed by atoms with Crippen molar-refractivity contribution in [3.8, 4) is 0 Å². The lowest BCUT2D eigenvalue weighted by molar-refractivity contribution is 0.0366. The van der Waals surface area contributed by atoms with Gasteiger partial charge in [-0.25, -0.2) is 5.48 Å². The van der Waals surface area contributed by atoms with Crippen molar-refractivity contribution >= 4 is 0 Å². The summed E-state index contributed by atoms with van der Waals surface area (Å²) >= 11 is 0. The molecule has 1 saturated heterocycles. The van der Waals surface area contributed by atoms with Crippen LogP contribution in [0.1, 0.15) is 19.3 Å². The maximum absolute atomic E-state index is 5.06. The van der Waals surface area contributed by atoms with Crippen LogP contribution in [-0.4, -0.2) is 26.2 Å². The van der Waals surface area contributed by atoms with Crippen molar-refractivity contribution in [3.63, 3.8) is 0 Å². The Bertz CT molecular complexity index is 81.7. The Morgan fingerprint density at radius 3 is 3.10 bits per heavy atom. The minimum absolute atomic E-state index is 0.571. The molecule has 3 nitrogen and oxygen atoms in total. The highest BCUT2D eigenvalue weighted by atomic mass is 16.6. The molecule has 1 aliphatic rings. The van der Waals surface area contributed by atoms with Gasteiger partial charge in [0, 0.05) is 13.1 Å². The smallest absolute Gasteiger partial charge is 0.0835 e. The van der Waals surface area contributed by atoms with Gasteiger partial charge in [-0.2, -0.15) is 0 Å². The average Bonchev–Trinajstić information content (AvgIpc) is 2.03. The maximum atomic E-state index is 5.06. The van der Waals surface area contributed by atoms with E-state index < -0.39 is 0 Å². The summed E-state index contributed by atoms with van der Waals surface area (Å²) in [4.78, 5) is 5.06. The van der Waals surface area contributed by atoms with Crippen molar-refractivity contribution in [1.82, 2.24) is 10.8 Å². The minimum atomic E-state index is 0.571. The van der Waals surface area contributed by atoms with Crippen LogP contribution in [0, 0.1) is 0 Å². The van der Waals surface area contributed by atoms with Crippen molar-refractivity contribution in [2.24, 2.45) is 0 Å². The van der Waals surface area contributed by atoms with E-state index in [1.807, 2.05) is 0 Å². The third-order valence-electron chi connectivity index (χ3n) is 1.84. The molecule has 60 valence electrons. The van der Waals surface area contributed by atoms with E-state index in [-0.39, 0.29) is 0 Å². The van der Waals surface area contributed by atoms with Gasteiger partial charge in [-0.15, -0.1) is 0 Å². The highest BCUT2D eigenvalue weighted by Crippen LogP contribution is 2.06. The van der Waals surface area contributed by atoms with Crippen molar-refractivity contribution in [2.45, 2.75) is 25.3 Å². The molecule has 0 saturated carbocycles. The molecule has 10 heavy (non-hydrogen) atoms. The molecule has 0 aliphatic carbocycles. The molecule has 0 aromatic heterocycles. The van der Waals surface area contributed by atoms with Gasteiger partial charge >= 0.3 is 0 Å². The first-order valence-electron chi connectivity index (χ1n) is 3.95. The molecule has 1 aliphatic heterocycles. The largest absolute Gasteiger partial charge is 0.312 e. The SMILES string of the molecule is CNOCC1CCCCN1. The first-order valence-corrected chi connectivity index (χ1v) is 3.95. The summed E-state index contributed by atoms with van der Waals surface area (Å²) in [5.41, 5.74) is 2.67. The first-order chi connectivity index (χ1) is 4.93. The quantitative estimate of drug-likeness (QED) is 0.558. The fourth-order valence-electron chi connectivity index (χ4n) is 1.25. The Kier molecular flexibility index (Phi) is 3.72. The van der Waals surface area contributed by atoms with Crippen molar-refractivity contribution in [3.05, 3.63) is 0 Å². The molecule has 1 atom stereocenters. The lowest BCUT2D eigenvalue weighted by Gasteiger charge is -2.22. The molecule has 1 fully saturated rings. The Morgan fingerprint density at radius 1 is 1.60 bits per heavy atom. The highest BCUT2D eigenvalue weighted by molar-refractivity contribution is 4.70. The van der Waals surface area contributed by atoms with E-state index in [4.69, 9.17) is 4.84 Å². The second-order valence-corrected chi connectivity index (χ2v) is 2.66. The van der Waals surface area contributed by atoms with Crippen LogP contribution >= 0.6 is 0 Å². The second kappa shape index (κ2) is 4.66. The molecular formula is C7H16N2O. The molecule has 0 bridgehead atoms. The summed E-state index contributed by atoms with van der Waals surface area (Å²) in [7, 11) is 1.79. The van der Waals surface area contributed by atoms with Crippen LogP contribution in [0.25, 0.3) is 0 Å².